The van der Waals surface area contributed by atoms with Crippen LogP contribution in [0.1, 0.15) is 35.8 Å². The molecule has 0 saturated carbocycles. The van der Waals surface area contributed by atoms with E-state index in [1.54, 1.807) is 0 Å². The largest absolute Gasteiger partial charge is 0.419 e. The van der Waals surface area contributed by atoms with Crippen LogP contribution in [0.4, 0.5) is 22.0 Å². The van der Waals surface area contributed by atoms with Crippen molar-refractivity contribution in [2.45, 2.75) is 44.2 Å². The molecule has 1 aromatic carbocycles. The van der Waals surface area contributed by atoms with Crippen LogP contribution < -0.4 is 5.69 Å². The maximum atomic E-state index is 13.8. The van der Waals surface area contributed by atoms with Gasteiger partial charge in [-0.05, 0) is 30.5 Å². The van der Waals surface area contributed by atoms with Crippen LogP contribution in [-0.4, -0.2) is 44.4 Å². The van der Waals surface area contributed by atoms with Gasteiger partial charge in [0.1, 0.15) is 23.9 Å². The highest BCUT2D eigenvalue weighted by Gasteiger charge is 2.38. The van der Waals surface area contributed by atoms with Crippen molar-refractivity contribution >= 4 is 5.91 Å². The van der Waals surface area contributed by atoms with E-state index in [1.807, 2.05) is 0 Å². The summed E-state index contributed by atoms with van der Waals surface area (Å²) < 4.78 is 67.2. The summed E-state index contributed by atoms with van der Waals surface area (Å²) in [6.45, 7) is -0.234. The first-order valence-electron chi connectivity index (χ1n) is 9.12. The quantitative estimate of drug-likeness (QED) is 0.722. The van der Waals surface area contributed by atoms with Gasteiger partial charge >= 0.3 is 11.9 Å². The topological polar surface area (TPSA) is 60.1 Å². The molecule has 1 fully saturated rings. The lowest BCUT2D eigenvalue weighted by Crippen LogP contribution is -2.54. The van der Waals surface area contributed by atoms with Crippen molar-refractivity contribution in [1.82, 2.24) is 19.2 Å². The van der Waals surface area contributed by atoms with Crippen LogP contribution in [-0.2, 0) is 23.9 Å². The van der Waals surface area contributed by atoms with Crippen LogP contribution >= 0.6 is 0 Å². The molecule has 1 atom stereocenters. The Morgan fingerprint density at radius 2 is 1.97 bits per heavy atom. The first-order valence-corrected chi connectivity index (χ1v) is 9.12. The summed E-state index contributed by atoms with van der Waals surface area (Å²) in [5, 5.41) is 4.17. The van der Waals surface area contributed by atoms with Crippen LogP contribution in [0.5, 0.6) is 0 Å². The number of likely N-dealkylation sites (tertiary alicyclic amines) is 1. The fourth-order valence-corrected chi connectivity index (χ4v) is 3.74. The molecule has 2 aliphatic heterocycles. The van der Waals surface area contributed by atoms with E-state index in [2.05, 4.69) is 5.10 Å². The second kappa shape index (κ2) is 6.96. The molecule has 1 aromatic heterocycles. The highest BCUT2D eigenvalue weighted by atomic mass is 19.4. The summed E-state index contributed by atoms with van der Waals surface area (Å²) in [5.41, 5.74) is -1.85. The first-order chi connectivity index (χ1) is 13.6. The standard InChI is InChI=1S/C18H17F5N4O2/c19-11-8-25(9-11)16(28)14-2-1-3-15-24-26(17(29)27(14)15)7-10-4-5-12(13(20)6-10)18(21,22)23/h4-6,11,14H,1-3,7-9H2/t14-/m0/s1. The third-order valence-electron chi connectivity index (χ3n) is 5.24. The fraction of sp³-hybridized carbons (Fsp3) is 0.500. The third-order valence-corrected chi connectivity index (χ3v) is 5.24. The average molecular weight is 416 g/mol. The number of aryl methyl sites for hydroxylation is 1. The molecule has 6 nitrogen and oxygen atoms in total. The molecule has 156 valence electrons. The van der Waals surface area contributed by atoms with E-state index in [0.29, 0.717) is 31.2 Å². The molecule has 2 aliphatic rings. The van der Waals surface area contributed by atoms with E-state index < -0.39 is 35.5 Å². The van der Waals surface area contributed by atoms with E-state index in [0.717, 1.165) is 16.8 Å². The number of carbonyl (C=O) groups is 1. The predicted octanol–water partition coefficient (Wildman–Crippen LogP) is 2.31. The number of alkyl halides is 4. The van der Waals surface area contributed by atoms with Gasteiger partial charge in [0.2, 0.25) is 5.91 Å². The Kier molecular flexibility index (Phi) is 4.70. The Hall–Kier alpha value is -2.72. The molecule has 1 amide bonds. The molecule has 1 saturated heterocycles. The molecule has 11 heteroatoms. The van der Waals surface area contributed by atoms with Crippen LogP contribution in [0.3, 0.4) is 0 Å². The Labute approximate surface area is 161 Å². The van der Waals surface area contributed by atoms with Crippen molar-refractivity contribution < 1.29 is 26.7 Å². The smallest absolute Gasteiger partial charge is 0.335 e. The number of hydrogen-bond acceptors (Lipinski definition) is 3. The zero-order chi connectivity index (χ0) is 20.9. The van der Waals surface area contributed by atoms with Gasteiger partial charge in [0.05, 0.1) is 25.2 Å². The van der Waals surface area contributed by atoms with Crippen molar-refractivity contribution in [3.63, 3.8) is 0 Å². The lowest BCUT2D eigenvalue weighted by molar-refractivity contribution is -0.142. The molecular weight excluding hydrogens is 399 g/mol. The summed E-state index contributed by atoms with van der Waals surface area (Å²) in [4.78, 5) is 26.7. The van der Waals surface area contributed by atoms with Gasteiger partial charge in [-0.15, -0.1) is 0 Å². The molecule has 0 aliphatic carbocycles. The Balaban J connectivity index is 1.60. The molecule has 0 unspecified atom stereocenters. The minimum Gasteiger partial charge on any atom is -0.335 e. The van der Waals surface area contributed by atoms with Gasteiger partial charge in [0, 0.05) is 6.42 Å². The van der Waals surface area contributed by atoms with Gasteiger partial charge in [-0.1, -0.05) is 6.07 Å². The average Bonchev–Trinajstić information content (AvgIpc) is 2.93. The molecule has 4 rings (SSSR count). The van der Waals surface area contributed by atoms with E-state index in [9.17, 15) is 31.5 Å². The van der Waals surface area contributed by atoms with Gasteiger partial charge in [0.15, 0.2) is 0 Å². The number of aromatic nitrogens is 3. The molecule has 0 N–H and O–H groups in total. The minimum absolute atomic E-state index is 0.00160. The highest BCUT2D eigenvalue weighted by molar-refractivity contribution is 5.81. The Morgan fingerprint density at radius 1 is 1.24 bits per heavy atom. The summed E-state index contributed by atoms with van der Waals surface area (Å²) in [6.07, 6.45) is -4.38. The zero-order valence-electron chi connectivity index (χ0n) is 15.1. The van der Waals surface area contributed by atoms with Gasteiger partial charge < -0.3 is 4.90 Å². The molecule has 3 heterocycles. The number of amides is 1. The normalized spacial score (nSPS) is 19.8. The molecule has 29 heavy (non-hydrogen) atoms. The SMILES string of the molecule is O=C([C@@H]1CCCc2nn(Cc3ccc(C(F)(F)F)c(F)c3)c(=O)n21)N1CC(F)C1. The molecule has 0 radical (unpaired) electrons. The van der Waals surface area contributed by atoms with Crippen molar-refractivity contribution in [3.8, 4) is 0 Å². The predicted molar refractivity (Wildman–Crippen MR) is 90.4 cm³/mol. The first kappa shape index (κ1) is 19.6. The monoisotopic (exact) mass is 416 g/mol. The van der Waals surface area contributed by atoms with Crippen LogP contribution in [0.2, 0.25) is 0 Å². The zero-order valence-corrected chi connectivity index (χ0v) is 15.1. The number of halogens is 5. The Morgan fingerprint density at radius 3 is 2.59 bits per heavy atom. The van der Waals surface area contributed by atoms with E-state index in [-0.39, 0.29) is 31.1 Å². The number of nitrogens with zero attached hydrogens (tertiary/aromatic N) is 4. The minimum atomic E-state index is -4.81. The van der Waals surface area contributed by atoms with Gasteiger partial charge in [-0.2, -0.15) is 18.3 Å². The summed E-state index contributed by atoms with van der Waals surface area (Å²) >= 11 is 0. The van der Waals surface area contributed by atoms with Crippen LogP contribution in [0.25, 0.3) is 0 Å². The summed E-state index contributed by atoms with van der Waals surface area (Å²) in [6, 6.07) is 1.64. The van der Waals surface area contributed by atoms with Crippen molar-refractivity contribution in [1.29, 1.82) is 0 Å². The second-order valence-electron chi connectivity index (χ2n) is 7.29. The number of fused-ring (bicyclic) bond motifs is 1. The van der Waals surface area contributed by atoms with Crippen molar-refractivity contribution in [3.05, 3.63) is 51.5 Å². The molecule has 0 bridgehead atoms. The molecular formula is C18H17F5N4O2. The number of rotatable bonds is 3. The summed E-state index contributed by atoms with van der Waals surface area (Å²) in [7, 11) is 0. The Bertz CT molecular complexity index is 1010. The lowest BCUT2D eigenvalue weighted by Gasteiger charge is -2.37. The number of benzene rings is 1. The fourth-order valence-electron chi connectivity index (χ4n) is 3.74. The van der Waals surface area contributed by atoms with E-state index in [1.165, 1.54) is 9.47 Å². The molecule has 0 spiro atoms. The van der Waals surface area contributed by atoms with E-state index >= 15 is 0 Å². The number of carbonyl (C=O) groups excluding carboxylic acids is 1. The van der Waals surface area contributed by atoms with E-state index in [4.69, 9.17) is 0 Å². The summed E-state index contributed by atoms with van der Waals surface area (Å²) in [5.74, 6) is -1.40. The van der Waals surface area contributed by atoms with Crippen LogP contribution in [0, 0.1) is 5.82 Å². The maximum absolute atomic E-state index is 13.8. The third kappa shape index (κ3) is 3.53. The van der Waals surface area contributed by atoms with Crippen molar-refractivity contribution in [2.24, 2.45) is 0 Å². The number of hydrogen-bond donors (Lipinski definition) is 0. The lowest BCUT2D eigenvalue weighted by atomic mass is 10.0. The highest BCUT2D eigenvalue weighted by Crippen LogP contribution is 2.32. The van der Waals surface area contributed by atoms with Gasteiger partial charge in [-0.25, -0.2) is 18.3 Å². The van der Waals surface area contributed by atoms with Gasteiger partial charge in [0.25, 0.3) is 0 Å². The van der Waals surface area contributed by atoms with Crippen molar-refractivity contribution in [2.75, 3.05) is 13.1 Å². The van der Waals surface area contributed by atoms with Crippen LogP contribution in [0.15, 0.2) is 23.0 Å². The second-order valence-corrected chi connectivity index (χ2v) is 7.29. The van der Waals surface area contributed by atoms with Gasteiger partial charge in [-0.3, -0.25) is 9.36 Å². The maximum Gasteiger partial charge on any atom is 0.419 e. The molecule has 2 aromatic rings.